The number of imide groups is 1. The van der Waals surface area contributed by atoms with Crippen LogP contribution in [0.4, 0.5) is 4.79 Å². The molecule has 12 heteroatoms. The van der Waals surface area contributed by atoms with E-state index in [4.69, 9.17) is 9.47 Å². The van der Waals surface area contributed by atoms with Crippen LogP contribution in [0, 0.1) is 0 Å². The second-order valence-corrected chi connectivity index (χ2v) is 8.35. The van der Waals surface area contributed by atoms with Gasteiger partial charge in [-0.2, -0.15) is 0 Å². The van der Waals surface area contributed by atoms with E-state index < -0.39 is 17.5 Å². The lowest BCUT2D eigenvalue weighted by Gasteiger charge is -2.25. The van der Waals surface area contributed by atoms with Crippen molar-refractivity contribution < 1.29 is 23.9 Å². The molecule has 0 unspecified atom stereocenters. The first-order valence-electron chi connectivity index (χ1n) is 11.0. The number of nitrogens with one attached hydrogen (secondary N) is 1. The summed E-state index contributed by atoms with van der Waals surface area (Å²) in [6.45, 7) is 3.96. The van der Waals surface area contributed by atoms with E-state index in [0.29, 0.717) is 35.8 Å². The summed E-state index contributed by atoms with van der Waals surface area (Å²) in [7, 11) is 0. The molecule has 0 radical (unpaired) electrons. The van der Waals surface area contributed by atoms with E-state index in [1.807, 2.05) is 19.1 Å². The summed E-state index contributed by atoms with van der Waals surface area (Å²) in [5.74, 6) is 0.426. The Morgan fingerprint density at radius 3 is 2.77 bits per heavy atom. The highest BCUT2D eigenvalue weighted by Gasteiger charge is 2.49. The Bertz CT molecular complexity index is 1300. The number of urea groups is 1. The van der Waals surface area contributed by atoms with Crippen LogP contribution >= 0.6 is 0 Å². The summed E-state index contributed by atoms with van der Waals surface area (Å²) in [4.78, 5) is 41.8. The molecule has 1 fully saturated rings. The van der Waals surface area contributed by atoms with Crippen LogP contribution in [-0.4, -0.2) is 67.7 Å². The number of hydrogen-bond donors (Lipinski definition) is 1. The Kier molecular flexibility index (Phi) is 5.55. The van der Waals surface area contributed by atoms with E-state index in [1.165, 1.54) is 11.0 Å². The molecule has 1 aromatic heterocycles. The van der Waals surface area contributed by atoms with Crippen LogP contribution in [0.3, 0.4) is 0 Å². The third kappa shape index (κ3) is 4.03. The van der Waals surface area contributed by atoms with E-state index >= 15 is 0 Å². The number of likely N-dealkylation sites (N-methyl/N-ethyl adjacent to an activating group) is 1. The van der Waals surface area contributed by atoms with Crippen molar-refractivity contribution in [1.29, 1.82) is 0 Å². The number of nitrogens with zero attached hydrogens (tertiary/aromatic N) is 6. The standard InChI is InChI=1S/C23H23N7O5/c1-3-28(11-15-7-8-18-19(9-15)35-14-34-18)20(31)12-29-21(32)23(2,25-22(29)33)16-5-4-6-17(10-16)30-13-24-26-27-30/h4-10,13H,3,11-12,14H2,1-2H3,(H,25,33)/t23-/m1/s1. The minimum Gasteiger partial charge on any atom is -0.454 e. The van der Waals surface area contributed by atoms with Crippen molar-refractivity contribution >= 4 is 17.8 Å². The number of aromatic nitrogens is 4. The monoisotopic (exact) mass is 477 g/mol. The van der Waals surface area contributed by atoms with Gasteiger partial charge in [-0.3, -0.25) is 14.5 Å². The number of rotatable bonds is 7. The second-order valence-electron chi connectivity index (χ2n) is 8.35. The van der Waals surface area contributed by atoms with Gasteiger partial charge < -0.3 is 19.7 Å². The second kappa shape index (κ2) is 8.70. The summed E-state index contributed by atoms with van der Waals surface area (Å²) in [6, 6.07) is 11.8. The molecule has 35 heavy (non-hydrogen) atoms. The lowest BCUT2D eigenvalue weighted by molar-refractivity contribution is -0.139. The van der Waals surface area contributed by atoms with E-state index in [-0.39, 0.29) is 19.2 Å². The summed E-state index contributed by atoms with van der Waals surface area (Å²) in [6.07, 6.45) is 1.43. The molecule has 1 N–H and O–H groups in total. The lowest BCUT2D eigenvalue weighted by Crippen LogP contribution is -2.44. The first kappa shape index (κ1) is 22.3. The van der Waals surface area contributed by atoms with Gasteiger partial charge in [0.1, 0.15) is 18.4 Å². The average Bonchev–Trinajstić information content (AvgIpc) is 3.60. The molecule has 0 saturated carbocycles. The first-order valence-corrected chi connectivity index (χ1v) is 11.0. The van der Waals surface area contributed by atoms with Crippen LogP contribution in [0.15, 0.2) is 48.8 Å². The van der Waals surface area contributed by atoms with Gasteiger partial charge in [0.2, 0.25) is 12.7 Å². The van der Waals surface area contributed by atoms with Crippen LogP contribution in [-0.2, 0) is 21.7 Å². The summed E-state index contributed by atoms with van der Waals surface area (Å²) in [5.41, 5.74) is 0.694. The van der Waals surface area contributed by atoms with E-state index in [9.17, 15) is 14.4 Å². The maximum Gasteiger partial charge on any atom is 0.325 e. The number of tetrazole rings is 1. The largest absolute Gasteiger partial charge is 0.454 e. The summed E-state index contributed by atoms with van der Waals surface area (Å²) >= 11 is 0. The fourth-order valence-electron chi connectivity index (χ4n) is 4.15. The van der Waals surface area contributed by atoms with Gasteiger partial charge in [0.25, 0.3) is 5.91 Å². The summed E-state index contributed by atoms with van der Waals surface area (Å²) < 4.78 is 12.2. The topological polar surface area (TPSA) is 132 Å². The van der Waals surface area contributed by atoms with Gasteiger partial charge in [-0.25, -0.2) is 9.48 Å². The predicted octanol–water partition coefficient (Wildman–Crippen LogP) is 1.21. The molecule has 2 aromatic carbocycles. The summed E-state index contributed by atoms with van der Waals surface area (Å²) in [5, 5.41) is 13.8. The van der Waals surface area contributed by atoms with Crippen LogP contribution < -0.4 is 14.8 Å². The van der Waals surface area contributed by atoms with Gasteiger partial charge in [0.15, 0.2) is 11.5 Å². The van der Waals surface area contributed by atoms with Gasteiger partial charge in [0, 0.05) is 13.1 Å². The quantitative estimate of drug-likeness (QED) is 0.502. The Morgan fingerprint density at radius 1 is 1.17 bits per heavy atom. The number of amides is 4. The molecule has 4 amide bonds. The molecule has 0 aliphatic carbocycles. The third-order valence-corrected chi connectivity index (χ3v) is 6.15. The lowest BCUT2D eigenvalue weighted by atomic mass is 9.91. The van der Waals surface area contributed by atoms with Crippen molar-refractivity contribution in [2.75, 3.05) is 19.9 Å². The first-order chi connectivity index (χ1) is 16.9. The number of benzene rings is 2. The Hall–Kier alpha value is -4.48. The van der Waals surface area contributed by atoms with Gasteiger partial charge in [-0.1, -0.05) is 18.2 Å². The maximum absolute atomic E-state index is 13.4. The zero-order chi connectivity index (χ0) is 24.6. The predicted molar refractivity (Wildman–Crippen MR) is 120 cm³/mol. The molecule has 3 aromatic rings. The fraction of sp³-hybridized carbons (Fsp3) is 0.304. The zero-order valence-electron chi connectivity index (χ0n) is 19.2. The van der Waals surface area contributed by atoms with Crippen molar-refractivity contribution in [2.24, 2.45) is 0 Å². The number of hydrogen-bond acceptors (Lipinski definition) is 8. The molecule has 5 rings (SSSR count). The average molecular weight is 477 g/mol. The highest BCUT2D eigenvalue weighted by Crippen LogP contribution is 2.33. The molecule has 3 heterocycles. The minimum absolute atomic E-state index is 0.165. The number of fused-ring (bicyclic) bond motifs is 1. The highest BCUT2D eigenvalue weighted by molar-refractivity contribution is 6.09. The van der Waals surface area contributed by atoms with Crippen LogP contribution in [0.2, 0.25) is 0 Å². The molecule has 1 atom stereocenters. The molecule has 12 nitrogen and oxygen atoms in total. The van der Waals surface area contributed by atoms with Gasteiger partial charge in [-0.05, 0) is 59.7 Å². The van der Waals surface area contributed by atoms with Crippen molar-refractivity contribution in [1.82, 2.24) is 35.3 Å². The molecule has 0 spiro atoms. The van der Waals surface area contributed by atoms with Gasteiger partial charge in [-0.15, -0.1) is 5.10 Å². The van der Waals surface area contributed by atoms with Crippen molar-refractivity contribution in [3.63, 3.8) is 0 Å². The molecular weight excluding hydrogens is 454 g/mol. The van der Waals surface area contributed by atoms with Crippen molar-refractivity contribution in [3.05, 3.63) is 59.9 Å². The Balaban J connectivity index is 1.31. The van der Waals surface area contributed by atoms with Crippen molar-refractivity contribution in [2.45, 2.75) is 25.9 Å². The third-order valence-electron chi connectivity index (χ3n) is 6.15. The highest BCUT2D eigenvalue weighted by atomic mass is 16.7. The van der Waals surface area contributed by atoms with Gasteiger partial charge >= 0.3 is 6.03 Å². The molecule has 2 aliphatic rings. The van der Waals surface area contributed by atoms with Gasteiger partial charge in [0.05, 0.1) is 5.69 Å². The molecular formula is C23H23N7O5. The number of ether oxygens (including phenoxy) is 2. The zero-order valence-corrected chi connectivity index (χ0v) is 19.2. The SMILES string of the molecule is CCN(Cc1ccc2c(c1)OCO2)C(=O)CN1C(=O)N[C@](C)(c2cccc(-n3cnnn3)c2)C1=O. The van der Waals surface area contributed by atoms with Crippen LogP contribution in [0.5, 0.6) is 11.5 Å². The minimum atomic E-state index is -1.34. The number of carbonyl (C=O) groups is 3. The van der Waals surface area contributed by atoms with Crippen LogP contribution in [0.25, 0.3) is 5.69 Å². The molecule has 2 aliphatic heterocycles. The normalized spacial score (nSPS) is 18.6. The number of carbonyl (C=O) groups excluding carboxylic acids is 3. The van der Waals surface area contributed by atoms with Crippen molar-refractivity contribution in [3.8, 4) is 17.2 Å². The molecule has 1 saturated heterocycles. The maximum atomic E-state index is 13.4. The van der Waals surface area contributed by atoms with E-state index in [2.05, 4.69) is 20.8 Å². The fourth-order valence-corrected chi connectivity index (χ4v) is 4.15. The Labute approximate surface area is 200 Å². The van der Waals surface area contributed by atoms with E-state index in [1.54, 1.807) is 42.2 Å². The molecule has 0 bridgehead atoms. The smallest absolute Gasteiger partial charge is 0.325 e. The molecule has 180 valence electrons. The van der Waals surface area contributed by atoms with Crippen LogP contribution in [0.1, 0.15) is 25.0 Å². The Morgan fingerprint density at radius 2 is 2.00 bits per heavy atom. The van der Waals surface area contributed by atoms with E-state index in [0.717, 1.165) is 10.5 Å².